The summed E-state index contributed by atoms with van der Waals surface area (Å²) in [5.74, 6) is 0.583. The standard InChI is InChI=1S/C18H23N5OS/c1-13-16(23-7-9-25-18(23)21-13)12-22-6-8-24-15(11-22)3-2-14-4-5-20-17(19)10-14/h4-5,7,9-10,15H,2-3,6,8,11-12H2,1H3,(H2,19,20)/t15-/m1/s1. The summed E-state index contributed by atoms with van der Waals surface area (Å²) >= 11 is 1.69. The van der Waals surface area contributed by atoms with Crippen molar-refractivity contribution in [2.24, 2.45) is 0 Å². The number of nitrogen functional groups attached to an aromatic ring is 1. The first-order valence-corrected chi connectivity index (χ1v) is 9.52. The highest BCUT2D eigenvalue weighted by Gasteiger charge is 2.22. The van der Waals surface area contributed by atoms with Gasteiger partial charge in [0.25, 0.3) is 0 Å². The Bertz CT molecular complexity index is 858. The molecule has 25 heavy (non-hydrogen) atoms. The number of aryl methyl sites for hydroxylation is 2. The van der Waals surface area contributed by atoms with Crippen LogP contribution in [0.2, 0.25) is 0 Å². The number of morpholine rings is 1. The average Bonchev–Trinajstić information content (AvgIpc) is 3.16. The minimum absolute atomic E-state index is 0.259. The number of aromatic nitrogens is 3. The monoisotopic (exact) mass is 357 g/mol. The molecule has 132 valence electrons. The molecule has 0 spiro atoms. The molecule has 6 nitrogen and oxygen atoms in total. The molecule has 0 saturated carbocycles. The maximum Gasteiger partial charge on any atom is 0.194 e. The van der Waals surface area contributed by atoms with Crippen molar-refractivity contribution in [3.63, 3.8) is 0 Å². The smallest absolute Gasteiger partial charge is 0.194 e. The number of ether oxygens (including phenoxy) is 1. The van der Waals surface area contributed by atoms with Crippen molar-refractivity contribution in [2.75, 3.05) is 25.4 Å². The van der Waals surface area contributed by atoms with Crippen molar-refractivity contribution in [1.29, 1.82) is 0 Å². The van der Waals surface area contributed by atoms with Gasteiger partial charge in [0.1, 0.15) is 5.82 Å². The van der Waals surface area contributed by atoms with Gasteiger partial charge in [0, 0.05) is 37.4 Å². The zero-order valence-corrected chi connectivity index (χ0v) is 15.2. The molecule has 1 aliphatic heterocycles. The number of anilines is 1. The Kier molecular flexibility index (Phi) is 4.70. The van der Waals surface area contributed by atoms with Crippen LogP contribution in [0.25, 0.3) is 4.96 Å². The van der Waals surface area contributed by atoms with Crippen LogP contribution < -0.4 is 5.73 Å². The predicted octanol–water partition coefficient (Wildman–Crippen LogP) is 2.52. The normalized spacial score (nSPS) is 18.8. The first-order chi connectivity index (χ1) is 12.2. The lowest BCUT2D eigenvalue weighted by molar-refractivity contribution is -0.0350. The zero-order chi connectivity index (χ0) is 17.2. The van der Waals surface area contributed by atoms with Crippen LogP contribution in [0.5, 0.6) is 0 Å². The van der Waals surface area contributed by atoms with E-state index in [-0.39, 0.29) is 6.10 Å². The van der Waals surface area contributed by atoms with Crippen LogP contribution in [-0.2, 0) is 17.7 Å². The summed E-state index contributed by atoms with van der Waals surface area (Å²) < 4.78 is 8.19. The molecule has 3 aromatic heterocycles. The molecule has 1 aliphatic rings. The molecule has 7 heteroatoms. The van der Waals surface area contributed by atoms with Gasteiger partial charge in [0.15, 0.2) is 4.96 Å². The first kappa shape index (κ1) is 16.5. The lowest BCUT2D eigenvalue weighted by atomic mass is 10.1. The molecule has 4 heterocycles. The summed E-state index contributed by atoms with van der Waals surface area (Å²) in [5.41, 5.74) is 9.40. The van der Waals surface area contributed by atoms with Crippen LogP contribution in [0.15, 0.2) is 29.9 Å². The van der Waals surface area contributed by atoms with Gasteiger partial charge >= 0.3 is 0 Å². The molecular weight excluding hydrogens is 334 g/mol. The van der Waals surface area contributed by atoms with E-state index in [1.54, 1.807) is 17.5 Å². The Morgan fingerprint density at radius 3 is 3.24 bits per heavy atom. The third kappa shape index (κ3) is 3.68. The zero-order valence-electron chi connectivity index (χ0n) is 14.4. The molecule has 4 rings (SSSR count). The highest BCUT2D eigenvalue weighted by atomic mass is 32.1. The van der Waals surface area contributed by atoms with Crippen LogP contribution in [0, 0.1) is 6.92 Å². The number of hydrogen-bond acceptors (Lipinski definition) is 6. The van der Waals surface area contributed by atoms with E-state index >= 15 is 0 Å². The maximum atomic E-state index is 5.97. The largest absolute Gasteiger partial charge is 0.384 e. The molecule has 2 N–H and O–H groups in total. The molecule has 0 unspecified atom stereocenters. The number of nitrogens with zero attached hydrogens (tertiary/aromatic N) is 4. The van der Waals surface area contributed by atoms with Crippen molar-refractivity contribution in [3.8, 4) is 0 Å². The van der Waals surface area contributed by atoms with Gasteiger partial charge in [-0.1, -0.05) is 0 Å². The van der Waals surface area contributed by atoms with E-state index in [2.05, 4.69) is 37.8 Å². The van der Waals surface area contributed by atoms with Crippen molar-refractivity contribution < 1.29 is 4.74 Å². The third-order valence-corrected chi connectivity index (χ3v) is 5.51. The van der Waals surface area contributed by atoms with E-state index in [0.29, 0.717) is 5.82 Å². The van der Waals surface area contributed by atoms with Gasteiger partial charge in [-0.05, 0) is 37.5 Å². The van der Waals surface area contributed by atoms with E-state index < -0.39 is 0 Å². The quantitative estimate of drug-likeness (QED) is 0.760. The third-order valence-electron chi connectivity index (χ3n) is 4.76. The van der Waals surface area contributed by atoms with Crippen LogP contribution in [-0.4, -0.2) is 45.1 Å². The van der Waals surface area contributed by atoms with E-state index in [4.69, 9.17) is 10.5 Å². The number of hydrogen-bond donors (Lipinski definition) is 1. The average molecular weight is 357 g/mol. The van der Waals surface area contributed by atoms with Gasteiger partial charge < -0.3 is 10.5 Å². The van der Waals surface area contributed by atoms with Crippen LogP contribution in [0.3, 0.4) is 0 Å². The van der Waals surface area contributed by atoms with E-state index in [1.807, 2.05) is 12.1 Å². The molecule has 0 radical (unpaired) electrons. The summed E-state index contributed by atoms with van der Waals surface area (Å²) in [6, 6.07) is 3.98. The lowest BCUT2D eigenvalue weighted by Gasteiger charge is -2.33. The SMILES string of the molecule is Cc1nc2sccn2c1CN1CCO[C@H](CCc2ccnc(N)c2)C1. The summed E-state index contributed by atoms with van der Waals surface area (Å²) in [5, 5.41) is 2.09. The number of nitrogens with two attached hydrogens (primary N) is 1. The van der Waals surface area contributed by atoms with Gasteiger partial charge in [-0.25, -0.2) is 9.97 Å². The predicted molar refractivity (Wildman–Crippen MR) is 99.8 cm³/mol. The van der Waals surface area contributed by atoms with Crippen molar-refractivity contribution in [1.82, 2.24) is 19.3 Å². The summed E-state index contributed by atoms with van der Waals surface area (Å²) in [6.07, 6.45) is 6.11. The fourth-order valence-corrected chi connectivity index (χ4v) is 4.20. The molecule has 0 bridgehead atoms. The van der Waals surface area contributed by atoms with Crippen molar-refractivity contribution in [3.05, 3.63) is 46.9 Å². The first-order valence-electron chi connectivity index (χ1n) is 8.64. The minimum atomic E-state index is 0.259. The molecule has 1 fully saturated rings. The summed E-state index contributed by atoms with van der Waals surface area (Å²) in [4.78, 5) is 12.2. The molecule has 0 aromatic carbocycles. The van der Waals surface area contributed by atoms with E-state index in [0.717, 1.165) is 49.7 Å². The van der Waals surface area contributed by atoms with Gasteiger partial charge in [0.05, 0.1) is 24.1 Å². The van der Waals surface area contributed by atoms with Gasteiger partial charge in [-0.15, -0.1) is 11.3 Å². The topological polar surface area (TPSA) is 68.7 Å². The number of rotatable bonds is 5. The van der Waals surface area contributed by atoms with Crippen LogP contribution in [0.4, 0.5) is 5.82 Å². The fourth-order valence-electron chi connectivity index (χ4n) is 3.42. The number of fused-ring (bicyclic) bond motifs is 1. The molecule has 0 aliphatic carbocycles. The minimum Gasteiger partial charge on any atom is -0.384 e. The Labute approximate surface area is 151 Å². The van der Waals surface area contributed by atoms with Crippen LogP contribution in [0.1, 0.15) is 23.4 Å². The highest BCUT2D eigenvalue weighted by molar-refractivity contribution is 7.15. The Balaban J connectivity index is 1.37. The maximum absolute atomic E-state index is 5.97. The summed E-state index contributed by atoms with van der Waals surface area (Å²) in [7, 11) is 0. The fraction of sp³-hybridized carbons (Fsp3) is 0.444. The number of thiazole rings is 1. The van der Waals surface area contributed by atoms with Gasteiger partial charge in [0.2, 0.25) is 0 Å². The second-order valence-corrected chi connectivity index (χ2v) is 7.43. The molecule has 1 saturated heterocycles. The second-order valence-electron chi connectivity index (χ2n) is 6.56. The van der Waals surface area contributed by atoms with Gasteiger partial charge in [-0.2, -0.15) is 0 Å². The highest BCUT2D eigenvalue weighted by Crippen LogP contribution is 2.20. The van der Waals surface area contributed by atoms with Gasteiger partial charge in [-0.3, -0.25) is 9.30 Å². The van der Waals surface area contributed by atoms with E-state index in [9.17, 15) is 0 Å². The lowest BCUT2D eigenvalue weighted by Crippen LogP contribution is -2.42. The van der Waals surface area contributed by atoms with Crippen LogP contribution >= 0.6 is 11.3 Å². The van der Waals surface area contributed by atoms with Crippen molar-refractivity contribution in [2.45, 2.75) is 32.4 Å². The molecule has 0 amide bonds. The second kappa shape index (κ2) is 7.11. The van der Waals surface area contributed by atoms with E-state index in [1.165, 1.54) is 11.3 Å². The number of pyridine rings is 1. The number of imidazole rings is 1. The Morgan fingerprint density at radius 1 is 1.44 bits per heavy atom. The molecule has 1 atom stereocenters. The molecular formula is C18H23N5OS. The molecule has 3 aromatic rings. The Hall–Kier alpha value is -1.96. The van der Waals surface area contributed by atoms with Crippen molar-refractivity contribution >= 4 is 22.1 Å². The summed E-state index contributed by atoms with van der Waals surface area (Å²) in [6.45, 7) is 5.73. The Morgan fingerprint density at radius 2 is 2.36 bits per heavy atom.